The van der Waals surface area contributed by atoms with Crippen LogP contribution in [0.5, 0.6) is 0 Å². The second-order valence-corrected chi connectivity index (χ2v) is 16.1. The lowest BCUT2D eigenvalue weighted by atomic mass is 9.89. The highest BCUT2D eigenvalue weighted by Gasteiger charge is 2.31. The number of nitrogens with zero attached hydrogens (tertiary/aromatic N) is 2. The fourth-order valence-corrected chi connectivity index (χ4v) is 7.48. The Bertz CT molecular complexity index is 2030. The second-order valence-electron chi connectivity index (χ2n) is 16.1. The summed E-state index contributed by atoms with van der Waals surface area (Å²) in [5.74, 6) is -4.46. The van der Waals surface area contributed by atoms with Gasteiger partial charge in [0.2, 0.25) is 35.4 Å². The van der Waals surface area contributed by atoms with Crippen molar-refractivity contribution in [2.45, 2.75) is 88.4 Å². The average Bonchev–Trinajstić information content (AvgIpc) is 3.29. The van der Waals surface area contributed by atoms with E-state index in [1.54, 1.807) is 60.7 Å². The maximum absolute atomic E-state index is 14.3. The number of nitrogens with two attached hydrogens (primary N) is 4. The van der Waals surface area contributed by atoms with Gasteiger partial charge in [-0.2, -0.15) is 0 Å². The summed E-state index contributed by atoms with van der Waals surface area (Å²) in [5, 5.41) is 14.9. The van der Waals surface area contributed by atoms with Crippen molar-refractivity contribution in [2.75, 3.05) is 32.7 Å². The zero-order valence-corrected chi connectivity index (χ0v) is 36.7. The molecule has 0 unspecified atom stereocenters. The summed E-state index contributed by atoms with van der Waals surface area (Å²) in [6.45, 7) is -0.599. The van der Waals surface area contributed by atoms with E-state index >= 15 is 0 Å². The molecule has 0 heterocycles. The van der Waals surface area contributed by atoms with Gasteiger partial charge < -0.3 is 49.5 Å². The van der Waals surface area contributed by atoms with Crippen molar-refractivity contribution in [2.24, 2.45) is 33.8 Å². The Morgan fingerprint density at radius 3 is 1.62 bits per heavy atom. The lowest BCUT2D eigenvalue weighted by Crippen LogP contribution is -2.59. The lowest BCUT2D eigenvalue weighted by molar-refractivity contribution is -0.135. The van der Waals surface area contributed by atoms with E-state index in [9.17, 15) is 33.6 Å². The van der Waals surface area contributed by atoms with Crippen molar-refractivity contribution in [1.82, 2.24) is 37.0 Å². The number of aliphatic imine (C=N–C) groups is 1. The van der Waals surface area contributed by atoms with Crippen LogP contribution in [0.4, 0.5) is 0 Å². The van der Waals surface area contributed by atoms with Gasteiger partial charge >= 0.3 is 0 Å². The van der Waals surface area contributed by atoms with E-state index in [-0.39, 0.29) is 63.6 Å². The van der Waals surface area contributed by atoms with Gasteiger partial charge in [0.15, 0.2) is 5.96 Å². The highest BCUT2D eigenvalue weighted by atomic mass is 16.2. The number of nitrogens with one attached hydrogen (secondary N) is 6. The molecule has 3 aromatic carbocycles. The predicted molar refractivity (Wildman–Crippen MR) is 246 cm³/mol. The quantitative estimate of drug-likeness (QED) is 0.0206. The van der Waals surface area contributed by atoms with E-state index in [1.807, 2.05) is 30.3 Å². The smallest absolute Gasteiger partial charge is 0.257 e. The summed E-state index contributed by atoms with van der Waals surface area (Å²) in [5.41, 5.74) is 27.2. The number of hydrogen-bond acceptors (Lipinski definition) is 10. The van der Waals surface area contributed by atoms with Gasteiger partial charge in [-0.1, -0.05) is 110 Å². The minimum absolute atomic E-state index is 0.0412. The van der Waals surface area contributed by atoms with Crippen LogP contribution in [0.15, 0.2) is 96.0 Å². The molecule has 1 saturated carbocycles. The summed E-state index contributed by atoms with van der Waals surface area (Å²) in [4.78, 5) is 97.5. The normalized spacial score (nSPS) is 14.4. The van der Waals surface area contributed by atoms with Gasteiger partial charge in [0.05, 0.1) is 19.6 Å². The molecule has 19 nitrogen and oxygen atoms in total. The zero-order valence-electron chi connectivity index (χ0n) is 36.7. The van der Waals surface area contributed by atoms with E-state index in [4.69, 9.17) is 22.9 Å². The predicted octanol–water partition coefficient (Wildman–Crippen LogP) is -0.819. The molecular weight excluding hydrogens is 833 g/mol. The summed E-state index contributed by atoms with van der Waals surface area (Å²) in [6, 6.07) is 22.5. The third-order valence-corrected chi connectivity index (χ3v) is 10.8. The molecule has 0 aliphatic heterocycles. The molecule has 0 aromatic heterocycles. The van der Waals surface area contributed by atoms with E-state index in [0.29, 0.717) is 12.1 Å². The van der Waals surface area contributed by atoms with Crippen LogP contribution >= 0.6 is 0 Å². The summed E-state index contributed by atoms with van der Waals surface area (Å²) in [6.07, 6.45) is 5.43. The number of guanidine groups is 1. The van der Waals surface area contributed by atoms with Crippen molar-refractivity contribution < 1.29 is 33.6 Å². The van der Waals surface area contributed by atoms with Gasteiger partial charge in [0.25, 0.3) is 5.91 Å². The highest BCUT2D eigenvalue weighted by Crippen LogP contribution is 2.24. The van der Waals surface area contributed by atoms with Gasteiger partial charge in [0, 0.05) is 32.4 Å². The number of benzene rings is 3. The van der Waals surface area contributed by atoms with Crippen molar-refractivity contribution in [1.29, 1.82) is 0 Å². The molecule has 1 aliphatic rings. The van der Waals surface area contributed by atoms with Crippen molar-refractivity contribution in [3.05, 3.63) is 108 Å². The maximum Gasteiger partial charge on any atom is 0.257 e. The van der Waals surface area contributed by atoms with E-state index in [0.717, 1.165) is 43.2 Å². The van der Waals surface area contributed by atoms with Crippen LogP contribution in [0.2, 0.25) is 0 Å². The molecule has 4 rings (SSSR count). The third-order valence-electron chi connectivity index (χ3n) is 10.8. The van der Waals surface area contributed by atoms with Gasteiger partial charge in [0.1, 0.15) is 24.2 Å². The first kappa shape index (κ1) is 50.8. The molecule has 0 saturated heterocycles. The van der Waals surface area contributed by atoms with Crippen LogP contribution in [0.25, 0.3) is 0 Å². The molecule has 0 radical (unpaired) electrons. The largest absolute Gasteiger partial charge is 0.370 e. The SMILES string of the molecule is NCC(=O)NCC(=O)N[C@@H](Cc1ccccc1)C(=O)NN(CC(=O)N[C@@H](Cc1ccccc1)C(=O)N[C@@H](CCCN=C(N)N)C(=O)N[C@@H](Cc1ccccc1)C(N)=O)CC1CCCCC1. The number of primary amides is 1. The monoisotopic (exact) mass is 897 g/mol. The topological polar surface area (TPSA) is 311 Å². The number of carbonyl (C=O) groups excluding carboxylic acids is 7. The van der Waals surface area contributed by atoms with Crippen LogP contribution in [-0.4, -0.2) is 109 Å². The molecule has 19 heteroatoms. The molecule has 7 amide bonds. The molecule has 1 fully saturated rings. The first-order valence-electron chi connectivity index (χ1n) is 22.0. The molecular formula is C46H64N12O7. The highest BCUT2D eigenvalue weighted by molar-refractivity contribution is 5.95. The standard InChI is InChI=1S/C46H64N12O7/c47-27-39(59)52-28-40(60)53-38(26-33-18-9-3-10-19-33)45(65)57-58(29-34-20-11-4-12-21-34)30-41(61)54-37(25-32-16-7-2-8-17-32)44(64)55-35(22-13-23-51-46(49)50)43(63)56-36(42(48)62)24-31-14-5-1-6-15-31/h1-3,5-10,14-19,34-38H,4,11-13,20-30,47H2,(H2,48,62)(H,52,59)(H,53,60)(H,54,61)(H,55,64)(H,56,63)(H,57,65)(H4,49,50,51)/t35-,36-,37-,38-/m0/s1. The number of hydrogen-bond donors (Lipinski definition) is 10. The Balaban J connectivity index is 1.56. The van der Waals surface area contributed by atoms with Crippen molar-refractivity contribution >= 4 is 47.3 Å². The van der Waals surface area contributed by atoms with Gasteiger partial charge in [-0.3, -0.25) is 44.0 Å². The lowest BCUT2D eigenvalue weighted by Gasteiger charge is -2.31. The average molecular weight is 897 g/mol. The first-order chi connectivity index (χ1) is 31.3. The molecule has 0 bridgehead atoms. The van der Waals surface area contributed by atoms with Crippen LogP contribution in [-0.2, 0) is 52.8 Å². The molecule has 0 spiro atoms. The van der Waals surface area contributed by atoms with Crippen molar-refractivity contribution in [3.8, 4) is 0 Å². The van der Waals surface area contributed by atoms with Gasteiger partial charge in [-0.05, 0) is 48.3 Å². The Labute approximate surface area is 379 Å². The molecule has 3 aromatic rings. The fourth-order valence-electron chi connectivity index (χ4n) is 7.48. The minimum Gasteiger partial charge on any atom is -0.370 e. The molecule has 4 atom stereocenters. The molecule has 65 heavy (non-hydrogen) atoms. The summed E-state index contributed by atoms with van der Waals surface area (Å²) < 4.78 is 0. The zero-order chi connectivity index (χ0) is 47.0. The van der Waals surface area contributed by atoms with Crippen molar-refractivity contribution in [3.63, 3.8) is 0 Å². The number of carbonyl (C=O) groups is 7. The van der Waals surface area contributed by atoms with Crippen LogP contribution in [0.1, 0.15) is 61.6 Å². The maximum atomic E-state index is 14.3. The number of amides is 7. The Morgan fingerprint density at radius 2 is 1.09 bits per heavy atom. The van der Waals surface area contributed by atoms with Gasteiger partial charge in [-0.15, -0.1) is 0 Å². The van der Waals surface area contributed by atoms with E-state index in [2.05, 4.69) is 37.0 Å². The van der Waals surface area contributed by atoms with E-state index in [1.165, 1.54) is 5.01 Å². The fraction of sp³-hybridized carbons (Fsp3) is 0.435. The van der Waals surface area contributed by atoms with Crippen LogP contribution in [0, 0.1) is 5.92 Å². The number of rotatable bonds is 26. The Kier molecular flexibility index (Phi) is 21.4. The summed E-state index contributed by atoms with van der Waals surface area (Å²) in [7, 11) is 0. The van der Waals surface area contributed by atoms with Crippen LogP contribution < -0.4 is 54.9 Å². The first-order valence-corrected chi connectivity index (χ1v) is 22.0. The molecule has 1 aliphatic carbocycles. The number of hydrazine groups is 1. The molecule has 14 N–H and O–H groups in total. The van der Waals surface area contributed by atoms with Gasteiger partial charge in [-0.25, -0.2) is 5.01 Å². The van der Waals surface area contributed by atoms with E-state index < -0.39 is 72.1 Å². The minimum atomic E-state index is -1.20. The third kappa shape index (κ3) is 19.2. The Morgan fingerprint density at radius 1 is 0.600 bits per heavy atom. The second kappa shape index (κ2) is 27.4. The summed E-state index contributed by atoms with van der Waals surface area (Å²) >= 11 is 0. The van der Waals surface area contributed by atoms with Crippen LogP contribution in [0.3, 0.4) is 0 Å². The molecule has 350 valence electrons. The Hall–Kier alpha value is -6.86.